The van der Waals surface area contributed by atoms with Gasteiger partial charge in [-0.3, -0.25) is 10.1 Å². The molecule has 0 aliphatic rings. The molecule has 1 amide bonds. The molecule has 1 aromatic rings. The van der Waals surface area contributed by atoms with Crippen molar-refractivity contribution in [1.82, 2.24) is 5.32 Å². The van der Waals surface area contributed by atoms with Crippen LogP contribution >= 0.6 is 0 Å². The normalized spacial score (nSPS) is 13.5. The minimum absolute atomic E-state index is 0.0548. The smallest absolute Gasteiger partial charge is 0.407 e. The molecule has 0 spiro atoms. The molecule has 0 fully saturated rings. The molecular formula is C15H19N3O6. The number of nitro groups is 1. The van der Waals surface area contributed by atoms with Gasteiger partial charge in [0.1, 0.15) is 29.4 Å². The topological polar surface area (TPSA) is 146 Å². The standard InChI is InChI=1S/C15H19N3O6/c1-15(2,3)24-14(21)17-8-12(19)13(20)9-4-5-10(7-16)11(6-9)18(22)23/h4-6,12-13,19-20H,8H2,1-3H3,(H,17,21). The van der Waals surface area contributed by atoms with Gasteiger partial charge >= 0.3 is 6.09 Å². The number of carbonyl (C=O) groups is 1. The molecule has 1 aromatic carbocycles. The molecule has 0 aliphatic heterocycles. The third-order valence-electron chi connectivity index (χ3n) is 2.90. The van der Waals surface area contributed by atoms with Crippen molar-refractivity contribution >= 4 is 11.8 Å². The van der Waals surface area contributed by atoms with Gasteiger partial charge in [0.15, 0.2) is 0 Å². The molecule has 0 radical (unpaired) electrons. The van der Waals surface area contributed by atoms with Gasteiger partial charge in [0.2, 0.25) is 0 Å². The molecule has 9 heteroatoms. The maximum Gasteiger partial charge on any atom is 0.407 e. The van der Waals surface area contributed by atoms with Gasteiger partial charge in [-0.25, -0.2) is 4.79 Å². The first-order valence-corrected chi connectivity index (χ1v) is 7.06. The lowest BCUT2D eigenvalue weighted by atomic mass is 10.0. The van der Waals surface area contributed by atoms with Crippen LogP contribution in [-0.4, -0.2) is 39.5 Å². The van der Waals surface area contributed by atoms with Crippen molar-refractivity contribution in [1.29, 1.82) is 5.26 Å². The van der Waals surface area contributed by atoms with E-state index in [4.69, 9.17) is 10.00 Å². The lowest BCUT2D eigenvalue weighted by Gasteiger charge is -2.22. The van der Waals surface area contributed by atoms with E-state index < -0.39 is 34.5 Å². The van der Waals surface area contributed by atoms with Crippen LogP contribution in [0.25, 0.3) is 0 Å². The number of amides is 1. The number of rotatable bonds is 5. The Bertz CT molecular complexity index is 662. The van der Waals surface area contributed by atoms with Gasteiger partial charge in [-0.2, -0.15) is 5.26 Å². The number of alkyl carbamates (subject to hydrolysis) is 1. The number of carbonyl (C=O) groups excluding carboxylic acids is 1. The summed E-state index contributed by atoms with van der Waals surface area (Å²) in [5.41, 5.74) is -1.28. The van der Waals surface area contributed by atoms with Gasteiger partial charge < -0.3 is 20.3 Å². The first-order valence-electron chi connectivity index (χ1n) is 7.06. The summed E-state index contributed by atoms with van der Waals surface area (Å²) in [6, 6.07) is 5.17. The Morgan fingerprint density at radius 3 is 2.58 bits per heavy atom. The SMILES string of the molecule is CC(C)(C)OC(=O)NCC(O)C(O)c1ccc(C#N)c([N+](=O)[O-])c1. The zero-order valence-electron chi connectivity index (χ0n) is 13.5. The van der Waals surface area contributed by atoms with E-state index >= 15 is 0 Å². The Labute approximate surface area is 138 Å². The number of ether oxygens (including phenoxy) is 1. The van der Waals surface area contributed by atoms with Crippen LogP contribution in [-0.2, 0) is 4.74 Å². The van der Waals surface area contributed by atoms with E-state index in [1.807, 2.05) is 0 Å². The summed E-state index contributed by atoms with van der Waals surface area (Å²) < 4.78 is 4.99. The third kappa shape index (κ3) is 5.49. The van der Waals surface area contributed by atoms with Crippen molar-refractivity contribution in [2.24, 2.45) is 0 Å². The number of aliphatic hydroxyl groups is 2. The highest BCUT2D eigenvalue weighted by atomic mass is 16.6. The number of nitrogens with zero attached hydrogens (tertiary/aromatic N) is 2. The number of hydrogen-bond acceptors (Lipinski definition) is 7. The molecule has 0 heterocycles. The Kier molecular flexibility index (Phi) is 6.22. The molecule has 9 nitrogen and oxygen atoms in total. The first kappa shape index (κ1) is 19.3. The van der Waals surface area contributed by atoms with Gasteiger partial charge in [0.05, 0.1) is 4.92 Å². The van der Waals surface area contributed by atoms with Crippen molar-refractivity contribution < 1.29 is 24.7 Å². The Balaban J connectivity index is 2.78. The molecular weight excluding hydrogens is 318 g/mol. The Morgan fingerprint density at radius 1 is 1.46 bits per heavy atom. The number of nitro benzene ring substituents is 1. The largest absolute Gasteiger partial charge is 0.444 e. The third-order valence-corrected chi connectivity index (χ3v) is 2.90. The average Bonchev–Trinajstić information content (AvgIpc) is 2.49. The maximum absolute atomic E-state index is 11.5. The number of aliphatic hydroxyl groups excluding tert-OH is 2. The number of nitriles is 1. The van der Waals surface area contributed by atoms with Gasteiger partial charge in [0, 0.05) is 12.6 Å². The fourth-order valence-electron chi connectivity index (χ4n) is 1.81. The quantitative estimate of drug-likeness (QED) is 0.543. The summed E-state index contributed by atoms with van der Waals surface area (Å²) in [5.74, 6) is 0. The minimum Gasteiger partial charge on any atom is -0.444 e. The molecule has 2 atom stereocenters. The van der Waals surface area contributed by atoms with E-state index in [0.717, 1.165) is 6.07 Å². The van der Waals surface area contributed by atoms with E-state index in [1.54, 1.807) is 26.8 Å². The maximum atomic E-state index is 11.5. The van der Waals surface area contributed by atoms with Crippen LogP contribution in [0.3, 0.4) is 0 Å². The molecule has 1 rings (SSSR count). The molecule has 0 aromatic heterocycles. The molecule has 0 saturated carbocycles. The summed E-state index contributed by atoms with van der Waals surface area (Å²) in [4.78, 5) is 21.7. The molecule has 0 aliphatic carbocycles. The summed E-state index contributed by atoms with van der Waals surface area (Å²) in [7, 11) is 0. The minimum atomic E-state index is -1.48. The second-order valence-electron chi connectivity index (χ2n) is 6.04. The van der Waals surface area contributed by atoms with Crippen molar-refractivity contribution in [3.05, 3.63) is 39.4 Å². The molecule has 2 unspecified atom stereocenters. The van der Waals surface area contributed by atoms with Crippen LogP contribution in [0, 0.1) is 21.4 Å². The number of hydrogen-bond donors (Lipinski definition) is 3. The second-order valence-corrected chi connectivity index (χ2v) is 6.04. The molecule has 0 bridgehead atoms. The molecule has 130 valence electrons. The highest BCUT2D eigenvalue weighted by Gasteiger charge is 2.24. The zero-order chi connectivity index (χ0) is 18.5. The predicted octanol–water partition coefficient (Wildman–Crippen LogP) is 1.39. The summed E-state index contributed by atoms with van der Waals surface area (Å²) in [6.07, 6.45) is -3.66. The summed E-state index contributed by atoms with van der Waals surface area (Å²) >= 11 is 0. The van der Waals surface area contributed by atoms with Crippen LogP contribution in [0.5, 0.6) is 0 Å². The lowest BCUT2D eigenvalue weighted by molar-refractivity contribution is -0.385. The van der Waals surface area contributed by atoms with Gasteiger partial charge in [0.25, 0.3) is 5.69 Å². The predicted molar refractivity (Wildman–Crippen MR) is 83.0 cm³/mol. The van der Waals surface area contributed by atoms with Gasteiger partial charge in [-0.05, 0) is 32.4 Å². The van der Waals surface area contributed by atoms with Crippen LogP contribution in [0.4, 0.5) is 10.5 Å². The molecule has 3 N–H and O–H groups in total. The lowest BCUT2D eigenvalue weighted by Crippen LogP contribution is -2.38. The highest BCUT2D eigenvalue weighted by Crippen LogP contribution is 2.25. The summed E-state index contributed by atoms with van der Waals surface area (Å²) in [5, 5.41) is 42.0. The van der Waals surface area contributed by atoms with Crippen LogP contribution in [0.1, 0.15) is 38.0 Å². The van der Waals surface area contributed by atoms with E-state index in [-0.39, 0.29) is 17.7 Å². The van der Waals surface area contributed by atoms with Crippen LogP contribution < -0.4 is 5.32 Å². The first-order chi connectivity index (χ1) is 11.0. The van der Waals surface area contributed by atoms with Gasteiger partial charge in [-0.15, -0.1) is 0 Å². The molecule has 24 heavy (non-hydrogen) atoms. The van der Waals surface area contributed by atoms with Gasteiger partial charge in [-0.1, -0.05) is 6.07 Å². The van der Waals surface area contributed by atoms with E-state index in [0.29, 0.717) is 0 Å². The van der Waals surface area contributed by atoms with Crippen molar-refractivity contribution in [2.75, 3.05) is 6.54 Å². The van der Waals surface area contributed by atoms with E-state index in [1.165, 1.54) is 12.1 Å². The number of nitrogens with one attached hydrogen (secondary N) is 1. The zero-order valence-corrected chi connectivity index (χ0v) is 13.5. The monoisotopic (exact) mass is 337 g/mol. The average molecular weight is 337 g/mol. The van der Waals surface area contributed by atoms with E-state index in [9.17, 15) is 25.1 Å². The number of benzene rings is 1. The Morgan fingerprint density at radius 2 is 2.08 bits per heavy atom. The highest BCUT2D eigenvalue weighted by molar-refractivity contribution is 5.67. The Hall–Kier alpha value is -2.70. The van der Waals surface area contributed by atoms with Crippen molar-refractivity contribution in [3.63, 3.8) is 0 Å². The van der Waals surface area contributed by atoms with Crippen molar-refractivity contribution in [2.45, 2.75) is 38.6 Å². The fourth-order valence-corrected chi connectivity index (χ4v) is 1.81. The fraction of sp³-hybridized carbons (Fsp3) is 0.467. The second kappa shape index (κ2) is 7.72. The van der Waals surface area contributed by atoms with Crippen molar-refractivity contribution in [3.8, 4) is 6.07 Å². The van der Waals surface area contributed by atoms with Crippen LogP contribution in [0.15, 0.2) is 18.2 Å². The van der Waals surface area contributed by atoms with E-state index in [2.05, 4.69) is 5.32 Å². The van der Waals surface area contributed by atoms with Crippen LogP contribution in [0.2, 0.25) is 0 Å². The molecule has 0 saturated heterocycles. The summed E-state index contributed by atoms with van der Waals surface area (Å²) in [6.45, 7) is 4.71.